The van der Waals surface area contributed by atoms with Crippen LogP contribution >= 0.6 is 0 Å². The first kappa shape index (κ1) is 12.1. The minimum Gasteiger partial charge on any atom is -0.346 e. The number of pyridine rings is 1. The van der Waals surface area contributed by atoms with E-state index in [1.807, 2.05) is 35.7 Å². The first-order chi connectivity index (χ1) is 9.16. The Balaban J connectivity index is 1.81. The highest BCUT2D eigenvalue weighted by molar-refractivity contribution is 5.85. The van der Waals surface area contributed by atoms with E-state index in [4.69, 9.17) is 5.73 Å². The van der Waals surface area contributed by atoms with Gasteiger partial charge in [-0.1, -0.05) is 6.07 Å². The van der Waals surface area contributed by atoms with Crippen molar-refractivity contribution in [1.82, 2.24) is 19.9 Å². The molecule has 0 bridgehead atoms. The monoisotopic (exact) mass is 259 g/mol. The van der Waals surface area contributed by atoms with Crippen molar-refractivity contribution in [2.45, 2.75) is 25.8 Å². The van der Waals surface area contributed by atoms with Gasteiger partial charge in [0, 0.05) is 12.7 Å². The van der Waals surface area contributed by atoms with Crippen LogP contribution in [-0.4, -0.2) is 27.0 Å². The quantitative estimate of drug-likeness (QED) is 0.844. The fourth-order valence-electron chi connectivity index (χ4n) is 2.24. The zero-order chi connectivity index (χ0) is 13.5. The second-order valence-electron chi connectivity index (χ2n) is 5.17. The van der Waals surface area contributed by atoms with Crippen LogP contribution in [-0.2, 0) is 4.79 Å². The van der Waals surface area contributed by atoms with Crippen molar-refractivity contribution in [2.24, 2.45) is 11.1 Å². The van der Waals surface area contributed by atoms with Crippen LogP contribution in [0.25, 0.3) is 5.65 Å². The normalized spacial score (nSPS) is 18.2. The van der Waals surface area contributed by atoms with E-state index in [-0.39, 0.29) is 17.4 Å². The van der Waals surface area contributed by atoms with Gasteiger partial charge in [-0.25, -0.2) is 0 Å². The van der Waals surface area contributed by atoms with Gasteiger partial charge in [0.2, 0.25) is 5.91 Å². The van der Waals surface area contributed by atoms with E-state index in [0.717, 1.165) is 24.3 Å². The third kappa shape index (κ3) is 1.98. The molecule has 0 radical (unpaired) electrons. The third-order valence-corrected chi connectivity index (χ3v) is 3.80. The summed E-state index contributed by atoms with van der Waals surface area (Å²) in [5, 5.41) is 11.2. The fourth-order valence-corrected chi connectivity index (χ4v) is 2.24. The molecular formula is C13H17N5O. The lowest BCUT2D eigenvalue weighted by Crippen LogP contribution is -2.38. The maximum atomic E-state index is 12.2. The summed E-state index contributed by atoms with van der Waals surface area (Å²) in [6.07, 6.45) is 3.65. The number of carbonyl (C=O) groups excluding carboxylic acids is 1. The van der Waals surface area contributed by atoms with Crippen LogP contribution in [0.5, 0.6) is 0 Å². The lowest BCUT2D eigenvalue weighted by Gasteiger charge is -2.17. The molecule has 2 aromatic rings. The molecule has 1 saturated carbocycles. The van der Waals surface area contributed by atoms with E-state index in [1.54, 1.807) is 0 Å². The SMILES string of the molecule is CC(NC(=O)C1(CN)CC1)c1nnc2ccccn12. The summed E-state index contributed by atoms with van der Waals surface area (Å²) >= 11 is 0. The number of carbonyl (C=O) groups is 1. The van der Waals surface area contributed by atoms with Crippen LogP contribution in [0.4, 0.5) is 0 Å². The predicted molar refractivity (Wildman–Crippen MR) is 70.3 cm³/mol. The molecule has 3 rings (SSSR count). The van der Waals surface area contributed by atoms with Gasteiger partial charge in [-0.15, -0.1) is 10.2 Å². The number of nitrogens with two attached hydrogens (primary N) is 1. The summed E-state index contributed by atoms with van der Waals surface area (Å²) < 4.78 is 1.88. The van der Waals surface area contributed by atoms with E-state index in [9.17, 15) is 4.79 Å². The lowest BCUT2D eigenvalue weighted by atomic mass is 10.1. The van der Waals surface area contributed by atoms with Crippen LogP contribution in [0, 0.1) is 5.41 Å². The number of amides is 1. The zero-order valence-corrected chi connectivity index (χ0v) is 10.8. The number of rotatable bonds is 4. The van der Waals surface area contributed by atoms with Crippen LogP contribution < -0.4 is 11.1 Å². The predicted octanol–water partition coefficient (Wildman–Crippen LogP) is 0.645. The van der Waals surface area contributed by atoms with Crippen molar-refractivity contribution in [3.05, 3.63) is 30.2 Å². The highest BCUT2D eigenvalue weighted by Crippen LogP contribution is 2.45. The maximum Gasteiger partial charge on any atom is 0.228 e. The summed E-state index contributed by atoms with van der Waals surface area (Å²) in [5.41, 5.74) is 6.10. The van der Waals surface area contributed by atoms with Gasteiger partial charge in [0.15, 0.2) is 11.5 Å². The molecule has 0 aromatic carbocycles. The molecular weight excluding hydrogens is 242 g/mol. The zero-order valence-electron chi connectivity index (χ0n) is 10.8. The van der Waals surface area contributed by atoms with Crippen molar-refractivity contribution in [3.8, 4) is 0 Å². The second-order valence-corrected chi connectivity index (χ2v) is 5.17. The largest absolute Gasteiger partial charge is 0.346 e. The minimum absolute atomic E-state index is 0.0233. The molecule has 1 aliphatic rings. The van der Waals surface area contributed by atoms with Gasteiger partial charge in [-0.05, 0) is 31.9 Å². The van der Waals surface area contributed by atoms with Crippen molar-refractivity contribution in [2.75, 3.05) is 6.54 Å². The molecule has 6 heteroatoms. The van der Waals surface area contributed by atoms with E-state index < -0.39 is 0 Å². The summed E-state index contributed by atoms with van der Waals surface area (Å²) in [6, 6.07) is 5.52. The van der Waals surface area contributed by atoms with Crippen molar-refractivity contribution < 1.29 is 4.79 Å². The molecule has 2 heterocycles. The third-order valence-electron chi connectivity index (χ3n) is 3.80. The number of hydrogen-bond acceptors (Lipinski definition) is 4. The van der Waals surface area contributed by atoms with Gasteiger partial charge < -0.3 is 11.1 Å². The highest BCUT2D eigenvalue weighted by Gasteiger charge is 2.48. The molecule has 2 aromatic heterocycles. The fraction of sp³-hybridized carbons (Fsp3) is 0.462. The Hall–Kier alpha value is -1.95. The van der Waals surface area contributed by atoms with E-state index in [0.29, 0.717) is 6.54 Å². The summed E-state index contributed by atoms with van der Waals surface area (Å²) in [4.78, 5) is 12.2. The second kappa shape index (κ2) is 4.31. The molecule has 19 heavy (non-hydrogen) atoms. The maximum absolute atomic E-state index is 12.2. The molecule has 1 fully saturated rings. The first-order valence-corrected chi connectivity index (χ1v) is 6.47. The van der Waals surface area contributed by atoms with Gasteiger partial charge in [0.05, 0.1) is 11.5 Å². The van der Waals surface area contributed by atoms with Crippen molar-refractivity contribution in [3.63, 3.8) is 0 Å². The van der Waals surface area contributed by atoms with Gasteiger partial charge in [0.25, 0.3) is 0 Å². The Morgan fingerprint density at radius 2 is 2.32 bits per heavy atom. The molecule has 3 N–H and O–H groups in total. The molecule has 1 amide bonds. The van der Waals surface area contributed by atoms with Crippen LogP contribution in [0.3, 0.4) is 0 Å². The Morgan fingerprint density at radius 3 is 3.00 bits per heavy atom. The van der Waals surface area contributed by atoms with Crippen LogP contribution in [0.1, 0.15) is 31.6 Å². The molecule has 1 aliphatic carbocycles. The highest BCUT2D eigenvalue weighted by atomic mass is 16.2. The molecule has 0 spiro atoms. The van der Waals surface area contributed by atoms with Crippen LogP contribution in [0.15, 0.2) is 24.4 Å². The summed E-state index contributed by atoms with van der Waals surface area (Å²) in [7, 11) is 0. The topological polar surface area (TPSA) is 85.3 Å². The van der Waals surface area contributed by atoms with E-state index >= 15 is 0 Å². The first-order valence-electron chi connectivity index (χ1n) is 6.47. The number of nitrogens with zero attached hydrogens (tertiary/aromatic N) is 3. The average Bonchev–Trinajstić information content (AvgIpc) is 3.11. The van der Waals surface area contributed by atoms with Crippen LogP contribution in [0.2, 0.25) is 0 Å². The number of nitrogens with one attached hydrogen (secondary N) is 1. The molecule has 1 atom stereocenters. The average molecular weight is 259 g/mol. The summed E-state index contributed by atoms with van der Waals surface area (Å²) in [6.45, 7) is 2.32. The standard InChI is InChI=1S/C13H17N5O/c1-9(15-12(19)13(8-14)5-6-13)11-17-16-10-4-2-3-7-18(10)11/h2-4,7,9H,5-6,8,14H2,1H3,(H,15,19). The molecule has 0 saturated heterocycles. The van der Waals surface area contributed by atoms with Gasteiger partial charge >= 0.3 is 0 Å². The summed E-state index contributed by atoms with van der Waals surface area (Å²) in [5.74, 6) is 0.756. The Bertz CT molecular complexity index is 616. The van der Waals surface area contributed by atoms with Gasteiger partial charge in [-0.3, -0.25) is 9.20 Å². The Kier molecular flexibility index (Phi) is 2.74. The smallest absolute Gasteiger partial charge is 0.228 e. The number of hydrogen-bond donors (Lipinski definition) is 2. The van der Waals surface area contributed by atoms with E-state index in [2.05, 4.69) is 15.5 Å². The number of fused-ring (bicyclic) bond motifs is 1. The molecule has 0 aliphatic heterocycles. The molecule has 100 valence electrons. The molecule has 1 unspecified atom stereocenters. The Labute approximate surface area is 111 Å². The van der Waals surface area contributed by atoms with Gasteiger partial charge in [0.1, 0.15) is 0 Å². The minimum atomic E-state index is -0.339. The van der Waals surface area contributed by atoms with Crippen molar-refractivity contribution >= 4 is 11.6 Å². The van der Waals surface area contributed by atoms with Gasteiger partial charge in [-0.2, -0.15) is 0 Å². The lowest BCUT2D eigenvalue weighted by molar-refractivity contribution is -0.126. The molecule has 6 nitrogen and oxygen atoms in total. The Morgan fingerprint density at radius 1 is 1.53 bits per heavy atom. The number of aromatic nitrogens is 3. The van der Waals surface area contributed by atoms with Crippen molar-refractivity contribution in [1.29, 1.82) is 0 Å². The van der Waals surface area contributed by atoms with E-state index in [1.165, 1.54) is 0 Å².